The molecule has 142 valence electrons. The van der Waals surface area contributed by atoms with Crippen LogP contribution in [0.4, 0.5) is 5.69 Å². The van der Waals surface area contributed by atoms with Crippen LogP contribution in [0.5, 0.6) is 0 Å². The van der Waals surface area contributed by atoms with Crippen LogP contribution in [0.2, 0.25) is 0 Å². The molecule has 26 heavy (non-hydrogen) atoms. The van der Waals surface area contributed by atoms with E-state index >= 15 is 0 Å². The van der Waals surface area contributed by atoms with Crippen LogP contribution in [0.3, 0.4) is 0 Å². The van der Waals surface area contributed by atoms with Crippen LogP contribution < -0.4 is 10.8 Å². The number of nitrogens with zero attached hydrogens (tertiary/aromatic N) is 1. The summed E-state index contributed by atoms with van der Waals surface area (Å²) in [6, 6.07) is 8.61. The van der Waals surface area contributed by atoms with Gasteiger partial charge in [-0.3, -0.25) is 19.6 Å². The van der Waals surface area contributed by atoms with Crippen LogP contribution in [0.25, 0.3) is 0 Å². The van der Waals surface area contributed by atoms with Crippen molar-refractivity contribution in [3.8, 4) is 0 Å². The van der Waals surface area contributed by atoms with Gasteiger partial charge in [-0.25, -0.2) is 5.48 Å². The van der Waals surface area contributed by atoms with E-state index in [4.69, 9.17) is 5.21 Å². The number of hydrogen-bond donors (Lipinski definition) is 3. The molecule has 0 radical (unpaired) electrons. The molecule has 0 bridgehead atoms. The van der Waals surface area contributed by atoms with Gasteiger partial charge in [0.25, 0.3) is 0 Å². The molecule has 7 nitrogen and oxygen atoms in total. The minimum absolute atomic E-state index is 0.0706. The zero-order valence-corrected chi connectivity index (χ0v) is 15.1. The average Bonchev–Trinajstić information content (AvgIpc) is 3.15. The molecule has 1 heterocycles. The molecule has 1 aliphatic heterocycles. The van der Waals surface area contributed by atoms with Crippen molar-refractivity contribution in [3.63, 3.8) is 0 Å². The molecule has 0 spiro atoms. The van der Waals surface area contributed by atoms with E-state index in [-0.39, 0.29) is 18.2 Å². The highest BCUT2D eigenvalue weighted by molar-refractivity contribution is 5.98. The first kappa shape index (κ1) is 19.9. The van der Waals surface area contributed by atoms with Crippen molar-refractivity contribution in [1.29, 1.82) is 0 Å². The van der Waals surface area contributed by atoms with Crippen LogP contribution in [0.15, 0.2) is 30.3 Å². The van der Waals surface area contributed by atoms with Gasteiger partial charge >= 0.3 is 0 Å². The van der Waals surface area contributed by atoms with E-state index in [0.29, 0.717) is 25.1 Å². The van der Waals surface area contributed by atoms with Gasteiger partial charge in [0.2, 0.25) is 17.7 Å². The van der Waals surface area contributed by atoms with E-state index in [1.54, 1.807) is 22.5 Å². The van der Waals surface area contributed by atoms with Gasteiger partial charge in [-0.15, -0.1) is 0 Å². The van der Waals surface area contributed by atoms with E-state index in [9.17, 15) is 14.4 Å². The highest BCUT2D eigenvalue weighted by Gasteiger charge is 2.37. The number of likely N-dealkylation sites (tertiary alicyclic amines) is 1. The maximum Gasteiger partial charge on any atom is 0.247 e. The largest absolute Gasteiger partial charge is 0.330 e. The molecule has 0 aromatic heterocycles. The lowest BCUT2D eigenvalue weighted by Crippen LogP contribution is -2.46. The number of para-hydroxylation sites is 1. The van der Waals surface area contributed by atoms with E-state index < -0.39 is 17.9 Å². The lowest BCUT2D eigenvalue weighted by Gasteiger charge is -2.28. The van der Waals surface area contributed by atoms with Crippen molar-refractivity contribution in [2.45, 2.75) is 51.5 Å². The average molecular weight is 361 g/mol. The summed E-state index contributed by atoms with van der Waals surface area (Å²) in [4.78, 5) is 38.7. The maximum absolute atomic E-state index is 13.0. The predicted octanol–water partition coefficient (Wildman–Crippen LogP) is 2.32. The van der Waals surface area contributed by atoms with Crippen molar-refractivity contribution >= 4 is 23.4 Å². The Morgan fingerprint density at radius 1 is 1.27 bits per heavy atom. The fraction of sp³-hybridized carbons (Fsp3) is 0.526. The number of benzene rings is 1. The summed E-state index contributed by atoms with van der Waals surface area (Å²) in [5.41, 5.74) is 2.29. The van der Waals surface area contributed by atoms with Crippen LogP contribution in [0, 0.1) is 5.92 Å². The van der Waals surface area contributed by atoms with Gasteiger partial charge in [-0.2, -0.15) is 0 Å². The number of hydroxylamine groups is 1. The molecule has 3 amide bonds. The Morgan fingerprint density at radius 2 is 2.00 bits per heavy atom. The Morgan fingerprint density at radius 3 is 2.65 bits per heavy atom. The zero-order valence-electron chi connectivity index (χ0n) is 15.1. The molecular formula is C19H27N3O4. The van der Waals surface area contributed by atoms with Gasteiger partial charge in [0.1, 0.15) is 6.04 Å². The fourth-order valence-corrected chi connectivity index (χ4v) is 3.32. The summed E-state index contributed by atoms with van der Waals surface area (Å²) in [6.45, 7) is 2.52. The smallest absolute Gasteiger partial charge is 0.247 e. The monoisotopic (exact) mass is 361 g/mol. The van der Waals surface area contributed by atoms with E-state index in [1.807, 2.05) is 25.1 Å². The fourth-order valence-electron chi connectivity index (χ4n) is 3.32. The quantitative estimate of drug-likeness (QED) is 0.489. The first-order valence-corrected chi connectivity index (χ1v) is 9.16. The predicted molar refractivity (Wildman–Crippen MR) is 97.4 cm³/mol. The maximum atomic E-state index is 13.0. The van der Waals surface area contributed by atoms with Crippen molar-refractivity contribution in [3.05, 3.63) is 30.3 Å². The third kappa shape index (κ3) is 5.29. The molecule has 0 aliphatic carbocycles. The molecule has 2 rings (SSSR count). The summed E-state index contributed by atoms with van der Waals surface area (Å²) < 4.78 is 0. The number of anilines is 1. The summed E-state index contributed by atoms with van der Waals surface area (Å²) >= 11 is 0. The summed E-state index contributed by atoms with van der Waals surface area (Å²) in [7, 11) is 0. The standard InChI is InChI=1S/C19H27N3O4/c1-2-3-8-14(13-17(23)21-26)19(25)22-12-7-11-16(22)18(24)20-15-9-5-4-6-10-15/h4-6,9-10,14,16,26H,2-3,7-8,11-13H2,1H3,(H,20,24)(H,21,23)/t14-,16+/m1/s1. The molecule has 1 aromatic carbocycles. The summed E-state index contributed by atoms with van der Waals surface area (Å²) in [5, 5.41) is 11.6. The van der Waals surface area contributed by atoms with Gasteiger partial charge in [0, 0.05) is 24.6 Å². The third-order valence-electron chi connectivity index (χ3n) is 4.69. The SMILES string of the molecule is CCCC[C@H](CC(=O)NO)C(=O)N1CCC[C@H]1C(=O)Nc1ccccc1. The summed E-state index contributed by atoms with van der Waals surface area (Å²) in [5.74, 6) is -1.49. The second-order valence-electron chi connectivity index (χ2n) is 6.62. The molecule has 1 fully saturated rings. The van der Waals surface area contributed by atoms with Crippen molar-refractivity contribution in [2.24, 2.45) is 5.92 Å². The number of unbranched alkanes of at least 4 members (excludes halogenated alkanes) is 1. The third-order valence-corrected chi connectivity index (χ3v) is 4.69. The number of carbonyl (C=O) groups excluding carboxylic acids is 3. The van der Waals surface area contributed by atoms with Crippen LogP contribution >= 0.6 is 0 Å². The van der Waals surface area contributed by atoms with Gasteiger partial charge in [0.15, 0.2) is 0 Å². The van der Waals surface area contributed by atoms with Crippen LogP contribution in [0.1, 0.15) is 45.4 Å². The van der Waals surface area contributed by atoms with E-state index in [1.165, 1.54) is 0 Å². The van der Waals surface area contributed by atoms with Gasteiger partial charge in [-0.05, 0) is 31.4 Å². The number of nitrogens with one attached hydrogen (secondary N) is 2. The van der Waals surface area contributed by atoms with Crippen LogP contribution in [-0.4, -0.2) is 40.4 Å². The lowest BCUT2D eigenvalue weighted by molar-refractivity contribution is -0.143. The second-order valence-corrected chi connectivity index (χ2v) is 6.62. The van der Waals surface area contributed by atoms with Crippen molar-refractivity contribution < 1.29 is 19.6 Å². The Balaban J connectivity index is 2.06. The van der Waals surface area contributed by atoms with Crippen molar-refractivity contribution in [1.82, 2.24) is 10.4 Å². The Bertz CT molecular complexity index is 620. The molecular weight excluding hydrogens is 334 g/mol. The molecule has 1 saturated heterocycles. The Labute approximate surface area is 153 Å². The summed E-state index contributed by atoms with van der Waals surface area (Å²) in [6.07, 6.45) is 3.57. The van der Waals surface area contributed by atoms with Gasteiger partial charge in [-0.1, -0.05) is 38.0 Å². The first-order chi connectivity index (χ1) is 12.6. The second kappa shape index (κ2) is 9.91. The first-order valence-electron chi connectivity index (χ1n) is 9.16. The van der Waals surface area contributed by atoms with E-state index in [2.05, 4.69) is 5.32 Å². The molecule has 1 aromatic rings. The molecule has 1 aliphatic rings. The molecule has 3 N–H and O–H groups in total. The number of rotatable bonds is 8. The van der Waals surface area contributed by atoms with E-state index in [0.717, 1.165) is 19.3 Å². The molecule has 0 unspecified atom stereocenters. The normalized spacial score (nSPS) is 17.6. The van der Waals surface area contributed by atoms with Gasteiger partial charge in [0.05, 0.1) is 0 Å². The minimum atomic E-state index is -0.580. The lowest BCUT2D eigenvalue weighted by atomic mass is 9.96. The Hall–Kier alpha value is -2.41. The van der Waals surface area contributed by atoms with Crippen LogP contribution in [-0.2, 0) is 14.4 Å². The minimum Gasteiger partial charge on any atom is -0.330 e. The number of carbonyl (C=O) groups is 3. The highest BCUT2D eigenvalue weighted by Crippen LogP contribution is 2.25. The zero-order chi connectivity index (χ0) is 18.9. The topological polar surface area (TPSA) is 98.7 Å². The number of hydrogen-bond acceptors (Lipinski definition) is 4. The molecule has 2 atom stereocenters. The molecule has 7 heteroatoms. The molecule has 0 saturated carbocycles. The number of amides is 3. The highest BCUT2D eigenvalue weighted by atomic mass is 16.5. The Kier molecular flexibility index (Phi) is 7.59. The van der Waals surface area contributed by atoms with Gasteiger partial charge < -0.3 is 10.2 Å². The van der Waals surface area contributed by atoms with Crippen molar-refractivity contribution in [2.75, 3.05) is 11.9 Å².